The van der Waals surface area contributed by atoms with Crippen LogP contribution < -0.4 is 34.5 Å². The van der Waals surface area contributed by atoms with Crippen LogP contribution in [0.3, 0.4) is 0 Å². The van der Waals surface area contributed by atoms with Gasteiger partial charge in [0.15, 0.2) is 0 Å². The van der Waals surface area contributed by atoms with Crippen LogP contribution in [-0.2, 0) is 15.0 Å². The monoisotopic (exact) mass is 410 g/mol. The van der Waals surface area contributed by atoms with Crippen molar-refractivity contribution in [2.45, 2.75) is 74.8 Å². The minimum absolute atomic E-state index is 0. The van der Waals surface area contributed by atoms with Gasteiger partial charge in [-0.2, -0.15) is 8.42 Å². The van der Waals surface area contributed by atoms with Crippen molar-refractivity contribution in [3.05, 3.63) is 0 Å². The zero-order valence-corrected chi connectivity index (χ0v) is 20.8. The number of phosphoric acid groups is 1. The normalized spacial score (nSPS) is 10.7. The summed E-state index contributed by atoms with van der Waals surface area (Å²) in [5, 5.41) is 0. The second-order valence-corrected chi connectivity index (χ2v) is 8.00. The molecule has 138 valence electrons. The van der Waals surface area contributed by atoms with Crippen LogP contribution in [0.2, 0.25) is 3.67 Å². The van der Waals surface area contributed by atoms with Crippen LogP contribution in [0.1, 0.15) is 71.1 Å². The predicted octanol–water partition coefficient (Wildman–Crippen LogP) is -0.715. The smallest absolute Gasteiger partial charge is 0.756 e. The fraction of sp³-hybridized carbons (Fsp3) is 1.00. The Balaban J connectivity index is -0.000000151. The van der Waals surface area contributed by atoms with E-state index < -0.39 is 18.2 Å². The quantitative estimate of drug-likeness (QED) is 0.159. The zero-order chi connectivity index (χ0) is 18.8. The van der Waals surface area contributed by atoms with E-state index in [1.54, 1.807) is 0 Å². The van der Waals surface area contributed by atoms with Gasteiger partial charge in [0, 0.05) is 0 Å². The molecule has 0 aromatic carbocycles. The summed E-state index contributed by atoms with van der Waals surface area (Å²) >= 11 is 1.41. The Labute approximate surface area is 185 Å². The van der Waals surface area contributed by atoms with Gasteiger partial charge in [0.2, 0.25) is 0 Å². The second-order valence-electron chi connectivity index (χ2n) is 5.12. The topological polar surface area (TPSA) is 155 Å². The summed E-state index contributed by atoms with van der Waals surface area (Å²) < 4.78 is 41.9. The summed E-state index contributed by atoms with van der Waals surface area (Å²) in [5.74, 6) is 0. The van der Waals surface area contributed by atoms with Gasteiger partial charge in [0.05, 0.1) is 0 Å². The minimum atomic E-state index is -4.89. The van der Waals surface area contributed by atoms with E-state index in [-0.39, 0.29) is 29.6 Å². The molecule has 0 heterocycles. The van der Waals surface area contributed by atoms with Crippen molar-refractivity contribution in [3.63, 3.8) is 0 Å². The number of rotatable bonds is 10. The summed E-state index contributed by atoms with van der Waals surface area (Å²) in [6.45, 7) is 2.29. The predicted molar refractivity (Wildman–Crippen MR) is 88.6 cm³/mol. The van der Waals surface area contributed by atoms with Crippen molar-refractivity contribution in [2.24, 2.45) is 0 Å². The van der Waals surface area contributed by atoms with Crippen LogP contribution in [0.25, 0.3) is 0 Å². The summed E-state index contributed by atoms with van der Waals surface area (Å²) in [5.41, 5.74) is 0. The third-order valence-electron chi connectivity index (χ3n) is 2.71. The molecule has 0 aliphatic heterocycles. The maximum absolute atomic E-state index is 8.77. The van der Waals surface area contributed by atoms with E-state index in [0.717, 1.165) is 0 Å². The Hall–Kier alpha value is 1.98. The number of unbranched alkanes of at least 4 members (excludes halogenated alkanes) is 9. The Kier molecular flexibility index (Phi) is 32.2. The Morgan fingerprint density at radius 2 is 1.08 bits per heavy atom. The summed E-state index contributed by atoms with van der Waals surface area (Å²) in [7, 11) is -9.56. The molecule has 0 aliphatic carbocycles. The molecule has 0 saturated heterocycles. The summed E-state index contributed by atoms with van der Waals surface area (Å²) in [4.78, 5) is 22.9. The first-order valence-corrected chi connectivity index (χ1v) is 12.2. The minimum Gasteiger partial charge on any atom is -0.756 e. The van der Waals surface area contributed by atoms with Crippen molar-refractivity contribution >= 4 is 46.2 Å². The maximum Gasteiger partial charge on any atom is 1.00 e. The largest absolute Gasteiger partial charge is 1.00 e. The first kappa shape index (κ1) is 33.6. The van der Waals surface area contributed by atoms with Gasteiger partial charge in [0.1, 0.15) is 0 Å². The van der Waals surface area contributed by atoms with Crippen LogP contribution in [0.5, 0.6) is 0 Å². The SMILES string of the molecule is CCCCCCCCCCC[CH2][Na].O=P([O-])(O)O.O=S(=O)(O)O.[Na+]. The first-order valence-electron chi connectivity index (χ1n) is 7.88. The summed E-state index contributed by atoms with van der Waals surface area (Å²) in [6.07, 6.45) is 14.7. The fourth-order valence-corrected chi connectivity index (χ4v) is 2.24. The van der Waals surface area contributed by atoms with Crippen LogP contribution >= 0.6 is 7.82 Å². The molecule has 0 aromatic heterocycles. The van der Waals surface area contributed by atoms with Gasteiger partial charge in [-0.05, 0) is 0 Å². The summed E-state index contributed by atoms with van der Waals surface area (Å²) in [6, 6.07) is 0. The first-order chi connectivity index (χ1) is 10.4. The molecule has 0 spiro atoms. The van der Waals surface area contributed by atoms with E-state index >= 15 is 0 Å². The van der Waals surface area contributed by atoms with Crippen LogP contribution in [0.4, 0.5) is 0 Å². The molecule has 0 rings (SSSR count). The van der Waals surface area contributed by atoms with E-state index in [2.05, 4.69) is 6.92 Å². The van der Waals surface area contributed by atoms with E-state index in [1.807, 2.05) is 0 Å². The van der Waals surface area contributed by atoms with Gasteiger partial charge in [-0.15, -0.1) is 0 Å². The Bertz CT molecular complexity index is 349. The Morgan fingerprint density at radius 3 is 1.29 bits per heavy atom. The van der Waals surface area contributed by atoms with Crippen molar-refractivity contribution in [1.82, 2.24) is 0 Å². The number of hydrogen-bond donors (Lipinski definition) is 4. The van der Waals surface area contributed by atoms with E-state index in [4.69, 9.17) is 36.8 Å². The molecule has 0 atom stereocenters. The van der Waals surface area contributed by atoms with Crippen LogP contribution in [-0.4, -0.2) is 55.2 Å². The third-order valence-corrected chi connectivity index (χ3v) is 3.41. The Morgan fingerprint density at radius 1 is 0.875 bits per heavy atom. The van der Waals surface area contributed by atoms with Crippen molar-refractivity contribution in [1.29, 1.82) is 0 Å². The van der Waals surface area contributed by atoms with Gasteiger partial charge in [-0.3, -0.25) is 13.7 Å². The van der Waals surface area contributed by atoms with Gasteiger partial charge in [-0.25, -0.2) is 0 Å². The molecule has 0 bridgehead atoms. The van der Waals surface area contributed by atoms with Crippen molar-refractivity contribution < 1.29 is 66.3 Å². The molecule has 0 unspecified atom stereocenters. The van der Waals surface area contributed by atoms with Crippen molar-refractivity contribution in [2.75, 3.05) is 0 Å². The molecule has 0 fully saturated rings. The van der Waals surface area contributed by atoms with Gasteiger partial charge < -0.3 is 14.7 Å². The van der Waals surface area contributed by atoms with E-state index in [9.17, 15) is 0 Å². The molecule has 0 saturated carbocycles. The van der Waals surface area contributed by atoms with Crippen molar-refractivity contribution in [3.8, 4) is 0 Å². The van der Waals surface area contributed by atoms with E-state index in [0.29, 0.717) is 0 Å². The molecule has 12 heteroatoms. The molecule has 0 radical (unpaired) electrons. The van der Waals surface area contributed by atoms with Gasteiger partial charge >= 0.3 is 143 Å². The van der Waals surface area contributed by atoms with Crippen LogP contribution in [0, 0.1) is 0 Å². The second kappa shape index (κ2) is 23.0. The molecule has 0 aliphatic rings. The molecule has 4 N–H and O–H groups in total. The third kappa shape index (κ3) is 88.2. The van der Waals surface area contributed by atoms with Crippen LogP contribution in [0.15, 0.2) is 0 Å². The standard InChI is InChI=1S/C12H25.2Na.H3O4P.H2O4S/c1-3-5-7-9-11-12-10-8-6-4-2;;;2*1-5(2,3)4/h1,3-12H2,2H3;;;(H3,1,2,3,4);(H2,1,2,3,4)/q;;+1;;/p-1. The molecule has 0 amide bonds. The number of hydrogen-bond acceptors (Lipinski definition) is 4. The average Bonchev–Trinajstić information content (AvgIpc) is 2.33. The average molecular weight is 410 g/mol. The van der Waals surface area contributed by atoms with Gasteiger partial charge in [0.25, 0.3) is 7.82 Å². The van der Waals surface area contributed by atoms with Gasteiger partial charge in [-0.1, -0.05) is 0 Å². The molecule has 8 nitrogen and oxygen atoms in total. The molecular formula is C12H29Na2O8PS. The van der Waals surface area contributed by atoms with E-state index in [1.165, 1.54) is 95.8 Å². The maximum atomic E-state index is 8.77. The molecule has 24 heavy (non-hydrogen) atoms. The zero-order valence-electron chi connectivity index (χ0n) is 15.1. The molecular weight excluding hydrogens is 381 g/mol. The fourth-order valence-electron chi connectivity index (χ4n) is 1.74. The molecule has 0 aromatic rings.